The number of carboxylic acid groups (broad SMARTS) is 1. The van der Waals surface area contributed by atoms with Gasteiger partial charge in [-0.3, -0.25) is 9.59 Å². The number of benzene rings is 1. The molecule has 0 fully saturated rings. The van der Waals surface area contributed by atoms with Crippen LogP contribution in [-0.4, -0.2) is 23.5 Å². The molecule has 0 bridgehead atoms. The van der Waals surface area contributed by atoms with E-state index in [9.17, 15) is 9.59 Å². The van der Waals surface area contributed by atoms with Crippen LogP contribution in [0.3, 0.4) is 0 Å². The second-order valence-corrected chi connectivity index (χ2v) is 3.66. The Balaban J connectivity index is 2.51. The normalized spacial score (nSPS) is 9.94. The highest BCUT2D eigenvalue weighted by Gasteiger charge is 2.03. The largest absolute Gasteiger partial charge is 0.481 e. The zero-order valence-electron chi connectivity index (χ0n) is 9.69. The fourth-order valence-corrected chi connectivity index (χ4v) is 1.40. The molecule has 0 heterocycles. The van der Waals surface area contributed by atoms with Crippen molar-refractivity contribution in [2.24, 2.45) is 0 Å². The van der Waals surface area contributed by atoms with E-state index in [0.29, 0.717) is 13.1 Å². The number of anilines is 1. The molecular formula is C12H16N2O3. The average molecular weight is 236 g/mol. The third kappa shape index (κ3) is 5.12. The highest BCUT2D eigenvalue weighted by atomic mass is 16.4. The van der Waals surface area contributed by atoms with Gasteiger partial charge in [-0.15, -0.1) is 0 Å². The van der Waals surface area contributed by atoms with Gasteiger partial charge in [0, 0.05) is 25.7 Å². The van der Waals surface area contributed by atoms with Crippen molar-refractivity contribution in [1.82, 2.24) is 5.32 Å². The van der Waals surface area contributed by atoms with E-state index < -0.39 is 5.97 Å². The van der Waals surface area contributed by atoms with Crippen molar-refractivity contribution in [2.45, 2.75) is 19.9 Å². The Labute approximate surface area is 99.8 Å². The minimum Gasteiger partial charge on any atom is -0.481 e. The summed E-state index contributed by atoms with van der Waals surface area (Å²) < 4.78 is 0. The van der Waals surface area contributed by atoms with Crippen LogP contribution in [0.1, 0.15) is 18.9 Å². The minimum absolute atomic E-state index is 0.0856. The predicted octanol–water partition coefficient (Wildman–Crippen LogP) is 1.21. The summed E-state index contributed by atoms with van der Waals surface area (Å²) in [5.41, 5.74) is 1.69. The first-order valence-electron chi connectivity index (χ1n) is 5.37. The molecule has 1 amide bonds. The van der Waals surface area contributed by atoms with E-state index in [2.05, 4.69) is 10.6 Å². The number of aliphatic carboxylic acids is 1. The van der Waals surface area contributed by atoms with Gasteiger partial charge in [-0.05, 0) is 11.6 Å². The Bertz CT molecular complexity index is 404. The van der Waals surface area contributed by atoms with Gasteiger partial charge in [0.1, 0.15) is 0 Å². The maximum atomic E-state index is 11.0. The molecule has 5 nitrogen and oxygen atoms in total. The smallest absolute Gasteiger partial charge is 0.304 e. The molecule has 92 valence electrons. The van der Waals surface area contributed by atoms with Gasteiger partial charge in [-0.25, -0.2) is 0 Å². The molecule has 3 N–H and O–H groups in total. The SMILES string of the molecule is CC(=O)Nc1ccccc1CNCCC(=O)O. The van der Waals surface area contributed by atoms with Crippen LogP contribution in [-0.2, 0) is 16.1 Å². The monoisotopic (exact) mass is 236 g/mol. The predicted molar refractivity (Wildman–Crippen MR) is 64.7 cm³/mol. The molecule has 0 aliphatic rings. The second-order valence-electron chi connectivity index (χ2n) is 3.66. The van der Waals surface area contributed by atoms with Crippen LogP contribution >= 0.6 is 0 Å². The summed E-state index contributed by atoms with van der Waals surface area (Å²) >= 11 is 0. The molecule has 0 spiro atoms. The van der Waals surface area contributed by atoms with Crippen molar-refractivity contribution in [3.05, 3.63) is 29.8 Å². The van der Waals surface area contributed by atoms with E-state index in [1.807, 2.05) is 24.3 Å². The lowest BCUT2D eigenvalue weighted by atomic mass is 10.1. The number of carbonyl (C=O) groups is 2. The molecule has 1 rings (SSSR count). The van der Waals surface area contributed by atoms with Crippen LogP contribution in [0.5, 0.6) is 0 Å². The Kier molecular flexibility index (Phi) is 5.16. The zero-order valence-corrected chi connectivity index (χ0v) is 9.69. The van der Waals surface area contributed by atoms with Crippen LogP contribution in [0.2, 0.25) is 0 Å². The Morgan fingerprint density at radius 3 is 2.65 bits per heavy atom. The van der Waals surface area contributed by atoms with Gasteiger partial charge in [0.25, 0.3) is 0 Å². The molecule has 0 saturated carbocycles. The third-order valence-electron chi connectivity index (χ3n) is 2.16. The highest BCUT2D eigenvalue weighted by Crippen LogP contribution is 2.14. The number of rotatable bonds is 6. The Morgan fingerprint density at radius 2 is 2.00 bits per heavy atom. The number of para-hydroxylation sites is 1. The van der Waals surface area contributed by atoms with Crippen LogP contribution in [0.4, 0.5) is 5.69 Å². The van der Waals surface area contributed by atoms with Crippen molar-refractivity contribution in [2.75, 3.05) is 11.9 Å². The molecule has 0 aliphatic heterocycles. The summed E-state index contributed by atoms with van der Waals surface area (Å²) in [5, 5.41) is 14.2. The van der Waals surface area contributed by atoms with Crippen molar-refractivity contribution in [1.29, 1.82) is 0 Å². The van der Waals surface area contributed by atoms with E-state index in [1.165, 1.54) is 6.92 Å². The van der Waals surface area contributed by atoms with Crippen LogP contribution < -0.4 is 10.6 Å². The fourth-order valence-electron chi connectivity index (χ4n) is 1.40. The fraction of sp³-hybridized carbons (Fsp3) is 0.333. The molecule has 0 atom stereocenters. The average Bonchev–Trinajstić information content (AvgIpc) is 2.25. The van der Waals surface area contributed by atoms with Gasteiger partial charge >= 0.3 is 5.97 Å². The van der Waals surface area contributed by atoms with Crippen molar-refractivity contribution in [3.63, 3.8) is 0 Å². The number of carboxylic acids is 1. The number of carbonyl (C=O) groups excluding carboxylic acids is 1. The summed E-state index contributed by atoms with van der Waals surface area (Å²) in [5.74, 6) is -0.948. The summed E-state index contributed by atoms with van der Waals surface area (Å²) in [7, 11) is 0. The summed E-state index contributed by atoms with van der Waals surface area (Å²) in [4.78, 5) is 21.3. The number of hydrogen-bond acceptors (Lipinski definition) is 3. The van der Waals surface area contributed by atoms with Crippen LogP contribution in [0.15, 0.2) is 24.3 Å². The first-order chi connectivity index (χ1) is 8.09. The summed E-state index contributed by atoms with van der Waals surface area (Å²) in [6.07, 6.45) is 0.0856. The van der Waals surface area contributed by atoms with Crippen molar-refractivity contribution in [3.8, 4) is 0 Å². The van der Waals surface area contributed by atoms with Gasteiger partial charge < -0.3 is 15.7 Å². The van der Waals surface area contributed by atoms with E-state index in [-0.39, 0.29) is 12.3 Å². The quantitative estimate of drug-likeness (QED) is 0.649. The lowest BCUT2D eigenvalue weighted by Crippen LogP contribution is -2.19. The van der Waals surface area contributed by atoms with Gasteiger partial charge in [0.05, 0.1) is 6.42 Å². The highest BCUT2D eigenvalue weighted by molar-refractivity contribution is 5.89. The molecule has 0 aliphatic carbocycles. The van der Waals surface area contributed by atoms with Gasteiger partial charge in [-0.2, -0.15) is 0 Å². The Hall–Kier alpha value is -1.88. The molecule has 0 saturated heterocycles. The first kappa shape index (κ1) is 13.2. The maximum absolute atomic E-state index is 11.0. The standard InChI is InChI=1S/C12H16N2O3/c1-9(15)14-11-5-3-2-4-10(11)8-13-7-6-12(16)17/h2-5,13H,6-8H2,1H3,(H,14,15)(H,16,17). The zero-order chi connectivity index (χ0) is 12.7. The first-order valence-corrected chi connectivity index (χ1v) is 5.37. The van der Waals surface area contributed by atoms with E-state index >= 15 is 0 Å². The summed E-state index contributed by atoms with van der Waals surface area (Å²) in [6, 6.07) is 7.42. The van der Waals surface area contributed by atoms with E-state index in [1.54, 1.807) is 0 Å². The number of hydrogen-bond donors (Lipinski definition) is 3. The van der Waals surface area contributed by atoms with Crippen LogP contribution in [0.25, 0.3) is 0 Å². The van der Waals surface area contributed by atoms with Gasteiger partial charge in [-0.1, -0.05) is 18.2 Å². The van der Waals surface area contributed by atoms with Crippen molar-refractivity contribution >= 4 is 17.6 Å². The maximum Gasteiger partial charge on any atom is 0.304 e. The van der Waals surface area contributed by atoms with Gasteiger partial charge in [0.2, 0.25) is 5.91 Å². The topological polar surface area (TPSA) is 78.4 Å². The molecule has 5 heteroatoms. The molecule has 0 radical (unpaired) electrons. The number of amides is 1. The lowest BCUT2D eigenvalue weighted by Gasteiger charge is -2.10. The molecule has 1 aromatic carbocycles. The van der Waals surface area contributed by atoms with E-state index in [0.717, 1.165) is 11.3 Å². The number of nitrogens with one attached hydrogen (secondary N) is 2. The minimum atomic E-state index is -0.826. The van der Waals surface area contributed by atoms with E-state index in [4.69, 9.17) is 5.11 Å². The molecule has 0 aromatic heterocycles. The molecule has 17 heavy (non-hydrogen) atoms. The molecular weight excluding hydrogens is 220 g/mol. The molecule has 0 unspecified atom stereocenters. The second kappa shape index (κ2) is 6.65. The summed E-state index contributed by atoms with van der Waals surface area (Å²) in [6.45, 7) is 2.39. The lowest BCUT2D eigenvalue weighted by molar-refractivity contribution is -0.136. The van der Waals surface area contributed by atoms with Gasteiger partial charge in [0.15, 0.2) is 0 Å². The van der Waals surface area contributed by atoms with Crippen molar-refractivity contribution < 1.29 is 14.7 Å². The third-order valence-corrected chi connectivity index (χ3v) is 2.16. The Morgan fingerprint density at radius 1 is 1.29 bits per heavy atom. The molecule has 1 aromatic rings. The van der Waals surface area contributed by atoms with Crippen LogP contribution in [0, 0.1) is 0 Å².